The Kier molecular flexibility index (Phi) is 3.59. The highest BCUT2D eigenvalue weighted by atomic mass is 15.1. The molecule has 1 heterocycles. The molecule has 2 N–H and O–H groups in total. The van der Waals surface area contributed by atoms with Gasteiger partial charge in [-0.1, -0.05) is 31.2 Å². The molecule has 90 valence electrons. The maximum absolute atomic E-state index is 6.00. The van der Waals surface area contributed by atoms with Crippen molar-refractivity contribution < 1.29 is 0 Å². The largest absolute Gasteiger partial charge is 0.329 e. The topological polar surface area (TPSA) is 43.8 Å². The van der Waals surface area contributed by atoms with E-state index in [0.717, 1.165) is 18.7 Å². The zero-order valence-electron chi connectivity index (χ0n) is 10.4. The highest BCUT2D eigenvalue weighted by molar-refractivity contribution is 5.63. The fraction of sp³-hybridized carbons (Fsp3) is 0.357. The van der Waals surface area contributed by atoms with Crippen LogP contribution in [0.5, 0.6) is 0 Å². The minimum atomic E-state index is 0.187. The molecular weight excluding hydrogens is 210 g/mol. The first-order valence-electron chi connectivity index (χ1n) is 6.04. The number of aromatic nitrogens is 2. The van der Waals surface area contributed by atoms with Gasteiger partial charge in [-0.3, -0.25) is 0 Å². The average Bonchev–Trinajstić information content (AvgIpc) is 2.77. The molecule has 1 atom stereocenters. The molecule has 0 saturated carbocycles. The highest BCUT2D eigenvalue weighted by Crippen LogP contribution is 2.22. The SMILES string of the molecule is CCC(N)Cn1cncc1-c1ccccc1C. The summed E-state index contributed by atoms with van der Waals surface area (Å²) >= 11 is 0. The number of hydrogen-bond acceptors (Lipinski definition) is 2. The van der Waals surface area contributed by atoms with Gasteiger partial charge >= 0.3 is 0 Å². The van der Waals surface area contributed by atoms with Gasteiger partial charge in [-0.25, -0.2) is 4.98 Å². The lowest BCUT2D eigenvalue weighted by atomic mass is 10.1. The van der Waals surface area contributed by atoms with Gasteiger partial charge in [0.05, 0.1) is 18.2 Å². The van der Waals surface area contributed by atoms with Crippen molar-refractivity contribution in [1.82, 2.24) is 9.55 Å². The highest BCUT2D eigenvalue weighted by Gasteiger charge is 2.09. The molecule has 2 aromatic rings. The molecule has 1 aromatic heterocycles. The summed E-state index contributed by atoms with van der Waals surface area (Å²) in [4.78, 5) is 4.23. The Hall–Kier alpha value is -1.61. The van der Waals surface area contributed by atoms with Crippen LogP contribution in [0.4, 0.5) is 0 Å². The zero-order valence-corrected chi connectivity index (χ0v) is 10.4. The van der Waals surface area contributed by atoms with Crippen LogP contribution < -0.4 is 5.73 Å². The minimum absolute atomic E-state index is 0.187. The number of nitrogens with zero attached hydrogens (tertiary/aromatic N) is 2. The summed E-state index contributed by atoms with van der Waals surface area (Å²) in [6.45, 7) is 5.04. The van der Waals surface area contributed by atoms with E-state index in [1.54, 1.807) is 0 Å². The van der Waals surface area contributed by atoms with Crippen LogP contribution in [-0.4, -0.2) is 15.6 Å². The lowest BCUT2D eigenvalue weighted by Crippen LogP contribution is -2.25. The Morgan fingerprint density at radius 3 is 2.82 bits per heavy atom. The summed E-state index contributed by atoms with van der Waals surface area (Å²) in [5.41, 5.74) is 9.64. The van der Waals surface area contributed by atoms with E-state index in [4.69, 9.17) is 5.73 Å². The van der Waals surface area contributed by atoms with Crippen LogP contribution in [0.3, 0.4) is 0 Å². The van der Waals surface area contributed by atoms with Gasteiger partial charge in [0.2, 0.25) is 0 Å². The molecule has 2 rings (SSSR count). The Labute approximate surface area is 102 Å². The van der Waals surface area contributed by atoms with Gasteiger partial charge in [-0.2, -0.15) is 0 Å². The normalized spacial score (nSPS) is 12.6. The predicted molar refractivity (Wildman–Crippen MR) is 70.7 cm³/mol. The maximum atomic E-state index is 6.00. The van der Waals surface area contributed by atoms with Gasteiger partial charge in [-0.15, -0.1) is 0 Å². The van der Waals surface area contributed by atoms with Crippen LogP contribution in [0, 0.1) is 6.92 Å². The maximum Gasteiger partial charge on any atom is 0.0951 e. The van der Waals surface area contributed by atoms with Crippen LogP contribution in [0.25, 0.3) is 11.3 Å². The molecule has 0 fully saturated rings. The molecule has 17 heavy (non-hydrogen) atoms. The molecular formula is C14H19N3. The molecule has 1 unspecified atom stereocenters. The molecule has 0 aliphatic carbocycles. The molecule has 0 bridgehead atoms. The summed E-state index contributed by atoms with van der Waals surface area (Å²) in [5.74, 6) is 0. The summed E-state index contributed by atoms with van der Waals surface area (Å²) in [6, 6.07) is 8.54. The van der Waals surface area contributed by atoms with E-state index in [9.17, 15) is 0 Å². The average molecular weight is 229 g/mol. The van der Waals surface area contributed by atoms with Crippen molar-refractivity contribution in [2.75, 3.05) is 0 Å². The van der Waals surface area contributed by atoms with Crippen molar-refractivity contribution in [2.24, 2.45) is 5.73 Å². The first kappa shape index (κ1) is 11.9. The van der Waals surface area contributed by atoms with Crippen LogP contribution in [0.2, 0.25) is 0 Å². The molecule has 0 aliphatic rings. The van der Waals surface area contributed by atoms with Crippen LogP contribution in [0.1, 0.15) is 18.9 Å². The van der Waals surface area contributed by atoms with Crippen LogP contribution >= 0.6 is 0 Å². The summed E-state index contributed by atoms with van der Waals surface area (Å²) in [7, 11) is 0. The quantitative estimate of drug-likeness (QED) is 0.875. The summed E-state index contributed by atoms with van der Waals surface area (Å²) < 4.78 is 2.14. The lowest BCUT2D eigenvalue weighted by molar-refractivity contribution is 0.541. The van der Waals surface area contributed by atoms with Gasteiger partial charge < -0.3 is 10.3 Å². The Morgan fingerprint density at radius 2 is 2.12 bits per heavy atom. The third-order valence-corrected chi connectivity index (χ3v) is 3.09. The second kappa shape index (κ2) is 5.15. The van der Waals surface area contributed by atoms with E-state index in [2.05, 4.69) is 47.7 Å². The predicted octanol–water partition coefficient (Wildman–Crippen LogP) is 2.60. The fourth-order valence-electron chi connectivity index (χ4n) is 1.93. The van der Waals surface area contributed by atoms with E-state index < -0.39 is 0 Å². The first-order chi connectivity index (χ1) is 8.22. The summed E-state index contributed by atoms with van der Waals surface area (Å²) in [6.07, 6.45) is 4.74. The van der Waals surface area contributed by atoms with E-state index in [1.807, 2.05) is 12.5 Å². The third kappa shape index (κ3) is 2.56. The van der Waals surface area contributed by atoms with Gasteiger partial charge in [-0.05, 0) is 18.9 Å². The Bertz CT molecular complexity index is 488. The molecule has 0 aliphatic heterocycles. The molecule has 3 heteroatoms. The standard InChI is InChI=1S/C14H19N3/c1-3-12(15)9-17-10-16-8-14(17)13-7-5-4-6-11(13)2/h4-8,10,12H,3,9,15H2,1-2H3. The van der Waals surface area contributed by atoms with E-state index in [0.29, 0.717) is 0 Å². The van der Waals surface area contributed by atoms with E-state index in [1.165, 1.54) is 11.1 Å². The number of aryl methyl sites for hydroxylation is 1. The molecule has 0 radical (unpaired) electrons. The smallest absolute Gasteiger partial charge is 0.0951 e. The summed E-state index contributed by atoms with van der Waals surface area (Å²) in [5, 5.41) is 0. The number of nitrogens with two attached hydrogens (primary N) is 1. The number of rotatable bonds is 4. The zero-order chi connectivity index (χ0) is 12.3. The number of hydrogen-bond donors (Lipinski definition) is 1. The van der Waals surface area contributed by atoms with Crippen molar-refractivity contribution in [3.63, 3.8) is 0 Å². The Balaban J connectivity index is 2.34. The molecule has 0 saturated heterocycles. The van der Waals surface area contributed by atoms with Crippen molar-refractivity contribution in [3.8, 4) is 11.3 Å². The van der Waals surface area contributed by atoms with Gasteiger partial charge in [0.1, 0.15) is 0 Å². The molecule has 1 aromatic carbocycles. The third-order valence-electron chi connectivity index (χ3n) is 3.09. The molecule has 3 nitrogen and oxygen atoms in total. The Morgan fingerprint density at radius 1 is 1.35 bits per heavy atom. The first-order valence-corrected chi connectivity index (χ1v) is 6.04. The van der Waals surface area contributed by atoms with Crippen LogP contribution in [0.15, 0.2) is 36.8 Å². The van der Waals surface area contributed by atoms with Crippen molar-refractivity contribution in [1.29, 1.82) is 0 Å². The number of benzene rings is 1. The van der Waals surface area contributed by atoms with E-state index in [-0.39, 0.29) is 6.04 Å². The van der Waals surface area contributed by atoms with Gasteiger partial charge in [0.25, 0.3) is 0 Å². The fourth-order valence-corrected chi connectivity index (χ4v) is 1.93. The second-order valence-electron chi connectivity index (χ2n) is 4.41. The van der Waals surface area contributed by atoms with Crippen LogP contribution in [-0.2, 0) is 6.54 Å². The monoisotopic (exact) mass is 229 g/mol. The molecule has 0 spiro atoms. The second-order valence-corrected chi connectivity index (χ2v) is 4.41. The number of imidazole rings is 1. The van der Waals surface area contributed by atoms with Crippen molar-refractivity contribution in [3.05, 3.63) is 42.4 Å². The van der Waals surface area contributed by atoms with Gasteiger partial charge in [0, 0.05) is 18.2 Å². The van der Waals surface area contributed by atoms with Crippen molar-refractivity contribution in [2.45, 2.75) is 32.9 Å². The van der Waals surface area contributed by atoms with Crippen molar-refractivity contribution >= 4 is 0 Å². The van der Waals surface area contributed by atoms with E-state index >= 15 is 0 Å². The molecule has 0 amide bonds. The minimum Gasteiger partial charge on any atom is -0.329 e. The lowest BCUT2D eigenvalue weighted by Gasteiger charge is -2.14. The van der Waals surface area contributed by atoms with Gasteiger partial charge in [0.15, 0.2) is 0 Å².